The second-order valence-corrected chi connectivity index (χ2v) is 7.73. The van der Waals surface area contributed by atoms with Crippen LogP contribution in [0.5, 0.6) is 0 Å². The van der Waals surface area contributed by atoms with Gasteiger partial charge >= 0.3 is 0 Å². The summed E-state index contributed by atoms with van der Waals surface area (Å²) in [5.41, 5.74) is 1.96. The van der Waals surface area contributed by atoms with Crippen LogP contribution in [0, 0.1) is 5.92 Å². The quantitative estimate of drug-likeness (QED) is 0.847. The molecular weight excluding hydrogens is 346 g/mol. The summed E-state index contributed by atoms with van der Waals surface area (Å²) in [6.45, 7) is 3.72. The number of hydrogen-bond donors (Lipinski definition) is 1. The molecule has 1 aliphatic heterocycles. The van der Waals surface area contributed by atoms with Crippen LogP contribution in [0.25, 0.3) is 0 Å². The van der Waals surface area contributed by atoms with Gasteiger partial charge in [0.1, 0.15) is 0 Å². The van der Waals surface area contributed by atoms with Crippen molar-refractivity contribution in [3.05, 3.63) is 70.7 Å². The fourth-order valence-electron chi connectivity index (χ4n) is 3.60. The van der Waals surface area contributed by atoms with Crippen molar-refractivity contribution in [2.45, 2.75) is 12.6 Å². The van der Waals surface area contributed by atoms with Crippen LogP contribution in [-0.2, 0) is 6.54 Å². The van der Waals surface area contributed by atoms with Crippen LogP contribution >= 0.6 is 11.6 Å². The molecule has 26 heavy (non-hydrogen) atoms. The Morgan fingerprint density at radius 3 is 2.46 bits per heavy atom. The molecule has 0 saturated carbocycles. The van der Waals surface area contributed by atoms with E-state index in [1.54, 1.807) is 24.3 Å². The van der Waals surface area contributed by atoms with Gasteiger partial charge in [0.05, 0.1) is 0 Å². The van der Waals surface area contributed by atoms with Gasteiger partial charge in [-0.2, -0.15) is 0 Å². The zero-order valence-corrected chi connectivity index (χ0v) is 16.1. The van der Waals surface area contributed by atoms with Gasteiger partial charge in [0.25, 0.3) is 5.91 Å². The SMILES string of the molecule is CN(C)C[C@@H]1CN(Cc2ccccc2)CC1NC(=O)c1ccc(Cl)cc1. The maximum absolute atomic E-state index is 12.6. The van der Waals surface area contributed by atoms with Gasteiger partial charge in [-0.25, -0.2) is 0 Å². The van der Waals surface area contributed by atoms with Crippen LogP contribution in [0.4, 0.5) is 0 Å². The van der Waals surface area contributed by atoms with E-state index in [0.29, 0.717) is 16.5 Å². The van der Waals surface area contributed by atoms with Crippen molar-refractivity contribution in [3.63, 3.8) is 0 Å². The van der Waals surface area contributed by atoms with Crippen LogP contribution < -0.4 is 5.32 Å². The van der Waals surface area contributed by atoms with E-state index < -0.39 is 0 Å². The third-order valence-corrected chi connectivity index (χ3v) is 5.04. The van der Waals surface area contributed by atoms with Gasteiger partial charge < -0.3 is 10.2 Å². The molecule has 1 unspecified atom stereocenters. The summed E-state index contributed by atoms with van der Waals surface area (Å²) in [6, 6.07) is 17.7. The number of rotatable bonds is 6. The number of nitrogens with zero attached hydrogens (tertiary/aromatic N) is 2. The van der Waals surface area contributed by atoms with Gasteiger partial charge in [0.15, 0.2) is 0 Å². The van der Waals surface area contributed by atoms with Crippen molar-refractivity contribution in [2.75, 3.05) is 33.7 Å². The summed E-state index contributed by atoms with van der Waals surface area (Å²) in [5, 5.41) is 3.88. The van der Waals surface area contributed by atoms with Crippen molar-refractivity contribution in [2.24, 2.45) is 5.92 Å². The first-order valence-electron chi connectivity index (χ1n) is 8.98. The summed E-state index contributed by atoms with van der Waals surface area (Å²) >= 11 is 5.92. The van der Waals surface area contributed by atoms with E-state index in [2.05, 4.69) is 53.5 Å². The molecular formula is C21H26ClN3O. The third-order valence-electron chi connectivity index (χ3n) is 4.79. The number of carbonyl (C=O) groups is 1. The summed E-state index contributed by atoms with van der Waals surface area (Å²) < 4.78 is 0. The predicted molar refractivity (Wildman–Crippen MR) is 106 cm³/mol. The Balaban J connectivity index is 1.66. The van der Waals surface area contributed by atoms with Crippen LogP contribution in [0.2, 0.25) is 5.02 Å². The minimum atomic E-state index is -0.0306. The average Bonchev–Trinajstić information content (AvgIpc) is 2.96. The van der Waals surface area contributed by atoms with Crippen LogP contribution in [-0.4, -0.2) is 55.5 Å². The number of nitrogens with one attached hydrogen (secondary N) is 1. The molecule has 1 amide bonds. The summed E-state index contributed by atoms with van der Waals surface area (Å²) in [6.07, 6.45) is 0. The largest absolute Gasteiger partial charge is 0.348 e. The van der Waals surface area contributed by atoms with Gasteiger partial charge in [-0.1, -0.05) is 41.9 Å². The molecule has 1 heterocycles. The Morgan fingerprint density at radius 2 is 1.81 bits per heavy atom. The Kier molecular flexibility index (Phi) is 6.30. The maximum Gasteiger partial charge on any atom is 0.251 e. The molecule has 0 aromatic heterocycles. The zero-order valence-electron chi connectivity index (χ0n) is 15.4. The highest BCUT2D eigenvalue weighted by Gasteiger charge is 2.34. The molecule has 0 radical (unpaired) electrons. The molecule has 5 heteroatoms. The van der Waals surface area contributed by atoms with Gasteiger partial charge in [-0.15, -0.1) is 0 Å². The van der Waals surface area contributed by atoms with Crippen molar-refractivity contribution < 1.29 is 4.79 Å². The first kappa shape index (κ1) is 18.9. The summed E-state index contributed by atoms with van der Waals surface area (Å²) in [7, 11) is 4.16. The number of benzene rings is 2. The molecule has 4 nitrogen and oxygen atoms in total. The van der Waals surface area contributed by atoms with Gasteiger partial charge in [0.2, 0.25) is 0 Å². The highest BCUT2D eigenvalue weighted by molar-refractivity contribution is 6.30. The van der Waals surface area contributed by atoms with Gasteiger partial charge in [0, 0.05) is 48.7 Å². The standard InChI is InChI=1S/C21H26ClN3O/c1-24(2)13-18-14-25(12-16-6-4-3-5-7-16)15-20(18)23-21(26)17-8-10-19(22)11-9-17/h3-11,18,20H,12-15H2,1-2H3,(H,23,26)/t18-,20?/m1/s1. The summed E-state index contributed by atoms with van der Waals surface area (Å²) in [4.78, 5) is 17.2. The molecule has 1 N–H and O–H groups in total. The van der Waals surface area contributed by atoms with E-state index in [4.69, 9.17) is 11.6 Å². The van der Waals surface area contributed by atoms with Crippen molar-refractivity contribution >= 4 is 17.5 Å². The lowest BCUT2D eigenvalue weighted by atomic mass is 10.0. The number of hydrogen-bond acceptors (Lipinski definition) is 3. The second-order valence-electron chi connectivity index (χ2n) is 7.29. The van der Waals surface area contributed by atoms with Crippen LogP contribution in [0.15, 0.2) is 54.6 Å². The molecule has 0 spiro atoms. The molecule has 2 aromatic rings. The van der Waals surface area contributed by atoms with E-state index in [-0.39, 0.29) is 11.9 Å². The maximum atomic E-state index is 12.6. The fourth-order valence-corrected chi connectivity index (χ4v) is 3.73. The normalized spacial score (nSPS) is 20.5. The topological polar surface area (TPSA) is 35.6 Å². The molecule has 0 aliphatic carbocycles. The summed E-state index contributed by atoms with van der Waals surface area (Å²) in [5.74, 6) is 0.377. The minimum absolute atomic E-state index is 0.0306. The Bertz CT molecular complexity index is 718. The Hall–Kier alpha value is -1.88. The zero-order chi connectivity index (χ0) is 18.5. The lowest BCUT2D eigenvalue weighted by molar-refractivity contribution is 0.0927. The van der Waals surface area contributed by atoms with Crippen molar-refractivity contribution in [3.8, 4) is 0 Å². The molecule has 0 bridgehead atoms. The molecule has 1 fully saturated rings. The number of halogens is 1. The molecule has 2 atom stereocenters. The smallest absolute Gasteiger partial charge is 0.251 e. The lowest BCUT2D eigenvalue weighted by Crippen LogP contribution is -2.43. The highest BCUT2D eigenvalue weighted by Crippen LogP contribution is 2.21. The third kappa shape index (κ3) is 5.07. The van der Waals surface area contributed by atoms with Crippen LogP contribution in [0.3, 0.4) is 0 Å². The first-order valence-corrected chi connectivity index (χ1v) is 9.36. The number of carbonyl (C=O) groups excluding carboxylic acids is 1. The monoisotopic (exact) mass is 371 g/mol. The first-order chi connectivity index (χ1) is 12.5. The molecule has 2 aromatic carbocycles. The van der Waals surface area contributed by atoms with Gasteiger partial charge in [-0.05, 0) is 43.9 Å². The molecule has 1 aliphatic rings. The predicted octanol–water partition coefficient (Wildman–Crippen LogP) is 3.13. The van der Waals surface area contributed by atoms with E-state index in [1.807, 2.05) is 6.07 Å². The van der Waals surface area contributed by atoms with E-state index in [0.717, 1.165) is 26.2 Å². The highest BCUT2D eigenvalue weighted by atomic mass is 35.5. The minimum Gasteiger partial charge on any atom is -0.348 e. The van der Waals surface area contributed by atoms with E-state index >= 15 is 0 Å². The Morgan fingerprint density at radius 1 is 1.12 bits per heavy atom. The van der Waals surface area contributed by atoms with E-state index in [9.17, 15) is 4.79 Å². The lowest BCUT2D eigenvalue weighted by Gasteiger charge is -2.23. The molecule has 138 valence electrons. The fraction of sp³-hybridized carbons (Fsp3) is 0.381. The van der Waals surface area contributed by atoms with E-state index in [1.165, 1.54) is 5.56 Å². The molecule has 3 rings (SSSR count). The number of likely N-dealkylation sites (tertiary alicyclic amines) is 1. The van der Waals surface area contributed by atoms with Gasteiger partial charge in [-0.3, -0.25) is 9.69 Å². The number of amides is 1. The van der Waals surface area contributed by atoms with Crippen LogP contribution in [0.1, 0.15) is 15.9 Å². The second kappa shape index (κ2) is 8.67. The van der Waals surface area contributed by atoms with Crippen molar-refractivity contribution in [1.82, 2.24) is 15.1 Å². The Labute approximate surface area is 160 Å². The average molecular weight is 372 g/mol. The van der Waals surface area contributed by atoms with Crippen molar-refractivity contribution in [1.29, 1.82) is 0 Å². The molecule has 1 saturated heterocycles.